The topological polar surface area (TPSA) is 106 Å². The third-order valence-electron chi connectivity index (χ3n) is 7.47. The molecule has 0 bridgehead atoms. The van der Waals surface area contributed by atoms with Crippen molar-refractivity contribution < 1.29 is 33.9 Å². The summed E-state index contributed by atoms with van der Waals surface area (Å²) in [5, 5.41) is 11.3. The van der Waals surface area contributed by atoms with E-state index in [0.717, 1.165) is 36.1 Å². The van der Waals surface area contributed by atoms with Crippen LogP contribution >= 0.6 is 0 Å². The normalized spacial score (nSPS) is 16.8. The van der Waals surface area contributed by atoms with Gasteiger partial charge in [0, 0.05) is 30.4 Å². The third kappa shape index (κ3) is 6.59. The molecule has 8 nitrogen and oxygen atoms in total. The molecular formula is C31H37FN3O5+. The number of carboxylic acids is 1. The monoisotopic (exact) mass is 550 g/mol. The molecule has 2 heterocycles. The molecule has 0 radical (unpaired) electrons. The lowest BCUT2D eigenvalue weighted by Gasteiger charge is -2.26. The Bertz CT molecular complexity index is 1300. The van der Waals surface area contributed by atoms with Crippen molar-refractivity contribution in [3.63, 3.8) is 0 Å². The van der Waals surface area contributed by atoms with Crippen LogP contribution in [-0.4, -0.2) is 48.3 Å². The number of hydrogen-bond acceptors (Lipinski definition) is 5. The van der Waals surface area contributed by atoms with Gasteiger partial charge < -0.3 is 24.8 Å². The van der Waals surface area contributed by atoms with Crippen molar-refractivity contribution in [2.75, 3.05) is 31.2 Å². The smallest absolute Gasteiger partial charge is 0.354 e. The zero-order valence-corrected chi connectivity index (χ0v) is 23.3. The number of carboxylic acid groups (broad SMARTS) is 1. The fraction of sp³-hybridized carbons (Fsp3) is 0.387. The second-order valence-electron chi connectivity index (χ2n) is 10.1. The van der Waals surface area contributed by atoms with Crippen molar-refractivity contribution in [2.45, 2.75) is 46.6 Å². The molecule has 212 valence electrons. The zero-order valence-electron chi connectivity index (χ0n) is 23.3. The van der Waals surface area contributed by atoms with Gasteiger partial charge in [-0.3, -0.25) is 4.79 Å². The van der Waals surface area contributed by atoms with Crippen LogP contribution in [0.5, 0.6) is 11.5 Å². The number of nitrogens with zero attached hydrogens (tertiary/aromatic N) is 2. The van der Waals surface area contributed by atoms with Gasteiger partial charge in [0.25, 0.3) is 0 Å². The molecule has 9 heteroatoms. The molecule has 4 rings (SSSR count). The molecule has 1 fully saturated rings. The first-order chi connectivity index (χ1) is 19.3. The Balaban J connectivity index is 1.44. The number of quaternary nitrogens is 1. The molecule has 1 aliphatic heterocycles. The van der Waals surface area contributed by atoms with E-state index >= 15 is 0 Å². The van der Waals surface area contributed by atoms with Crippen LogP contribution in [0, 0.1) is 11.2 Å². The number of aromatic carboxylic acids is 1. The van der Waals surface area contributed by atoms with Gasteiger partial charge in [0.1, 0.15) is 29.6 Å². The quantitative estimate of drug-likeness (QED) is 0.300. The van der Waals surface area contributed by atoms with Crippen LogP contribution in [0.15, 0.2) is 54.7 Å². The molecule has 40 heavy (non-hydrogen) atoms. The molecule has 2 aromatic carbocycles. The van der Waals surface area contributed by atoms with Crippen molar-refractivity contribution in [2.24, 2.45) is 5.41 Å². The van der Waals surface area contributed by atoms with Crippen LogP contribution in [-0.2, 0) is 11.3 Å². The largest absolute Gasteiger partial charge is 0.493 e. The van der Waals surface area contributed by atoms with Gasteiger partial charge in [-0.15, -0.1) is 0 Å². The van der Waals surface area contributed by atoms with Gasteiger partial charge in [-0.25, -0.2) is 14.2 Å². The van der Waals surface area contributed by atoms with E-state index < -0.39 is 5.97 Å². The first-order valence-electron chi connectivity index (χ1n) is 13.8. The maximum Gasteiger partial charge on any atom is 0.354 e. The highest BCUT2D eigenvalue weighted by Crippen LogP contribution is 2.41. The molecule has 1 aliphatic rings. The zero-order chi connectivity index (χ0) is 28.7. The van der Waals surface area contributed by atoms with Crippen molar-refractivity contribution in [1.29, 1.82) is 0 Å². The molecule has 3 aromatic rings. The van der Waals surface area contributed by atoms with E-state index in [0.29, 0.717) is 49.9 Å². The number of hydrogen-bond donors (Lipinski definition) is 2. The number of halogens is 1. The Morgan fingerprint density at radius 1 is 1.07 bits per heavy atom. The average molecular weight is 551 g/mol. The van der Waals surface area contributed by atoms with Crippen molar-refractivity contribution in [3.05, 3.63) is 71.8 Å². The highest BCUT2D eigenvalue weighted by atomic mass is 19.1. The average Bonchev–Trinajstić information content (AvgIpc) is 3.29. The van der Waals surface area contributed by atoms with Crippen LogP contribution in [0.2, 0.25) is 0 Å². The first kappa shape index (κ1) is 29.0. The number of aromatic nitrogens is 1. The van der Waals surface area contributed by atoms with Crippen molar-refractivity contribution in [1.82, 2.24) is 4.98 Å². The van der Waals surface area contributed by atoms with E-state index in [-0.39, 0.29) is 22.8 Å². The summed E-state index contributed by atoms with van der Waals surface area (Å²) in [4.78, 5) is 29.7. The Morgan fingerprint density at radius 2 is 1.75 bits per heavy atom. The van der Waals surface area contributed by atoms with Gasteiger partial charge in [0.05, 0.1) is 37.2 Å². The van der Waals surface area contributed by atoms with Crippen LogP contribution in [0.3, 0.4) is 0 Å². The van der Waals surface area contributed by atoms with Gasteiger partial charge in [0.15, 0.2) is 0 Å². The lowest BCUT2D eigenvalue weighted by Crippen LogP contribution is -2.83. The first-order valence-corrected chi connectivity index (χ1v) is 13.8. The van der Waals surface area contributed by atoms with E-state index in [4.69, 9.17) is 14.6 Å². The number of rotatable bonds is 13. The fourth-order valence-electron chi connectivity index (χ4n) is 5.26. The maximum absolute atomic E-state index is 13.6. The molecule has 0 aliphatic carbocycles. The van der Waals surface area contributed by atoms with Crippen molar-refractivity contribution in [3.8, 4) is 22.6 Å². The van der Waals surface area contributed by atoms with Gasteiger partial charge in [0.2, 0.25) is 5.91 Å². The van der Waals surface area contributed by atoms with E-state index in [2.05, 4.69) is 17.2 Å². The third-order valence-corrected chi connectivity index (χ3v) is 7.47. The number of carbonyl (C=O) groups excluding carboxylic acids is 1. The van der Waals surface area contributed by atoms with Crippen molar-refractivity contribution >= 4 is 17.6 Å². The molecule has 1 amide bonds. The molecule has 0 saturated carbocycles. The number of pyridine rings is 1. The molecule has 0 spiro atoms. The summed E-state index contributed by atoms with van der Waals surface area (Å²) < 4.78 is 25.5. The Kier molecular flexibility index (Phi) is 9.37. The predicted molar refractivity (Wildman–Crippen MR) is 150 cm³/mol. The number of carbonyl (C=O) groups is 2. The van der Waals surface area contributed by atoms with E-state index in [1.54, 1.807) is 23.1 Å². The lowest BCUT2D eigenvalue weighted by molar-refractivity contribution is -0.672. The van der Waals surface area contributed by atoms with E-state index in [9.17, 15) is 14.0 Å². The molecule has 3 N–H and O–H groups in total. The summed E-state index contributed by atoms with van der Waals surface area (Å²) in [5.74, 6) is 0.0482. The van der Waals surface area contributed by atoms with Gasteiger partial charge in [-0.2, -0.15) is 0 Å². The fourth-order valence-corrected chi connectivity index (χ4v) is 5.26. The summed E-state index contributed by atoms with van der Waals surface area (Å²) in [6.07, 6.45) is 3.63. The summed E-state index contributed by atoms with van der Waals surface area (Å²) >= 11 is 0. The van der Waals surface area contributed by atoms with Crippen LogP contribution < -0.4 is 19.7 Å². The summed E-state index contributed by atoms with van der Waals surface area (Å²) in [5.41, 5.74) is 3.13. The number of benzene rings is 2. The Hall–Kier alpha value is -3.98. The molecule has 1 unspecified atom stereocenters. The molecule has 1 aromatic heterocycles. The van der Waals surface area contributed by atoms with E-state index in [1.165, 1.54) is 24.4 Å². The van der Waals surface area contributed by atoms with Gasteiger partial charge >= 0.3 is 5.97 Å². The van der Waals surface area contributed by atoms with Crippen LogP contribution in [0.4, 0.5) is 10.1 Å². The number of anilines is 1. The minimum atomic E-state index is -1.09. The number of nitrogens with two attached hydrogens (primary N) is 1. The minimum Gasteiger partial charge on any atom is -0.493 e. The Labute approximate surface area is 234 Å². The predicted octanol–water partition coefficient (Wildman–Crippen LogP) is 4.67. The second-order valence-corrected chi connectivity index (χ2v) is 10.1. The van der Waals surface area contributed by atoms with Gasteiger partial charge in [-0.1, -0.05) is 19.1 Å². The van der Waals surface area contributed by atoms with Crippen LogP contribution in [0.1, 0.15) is 56.1 Å². The number of ether oxygens (including phenoxy) is 2. The van der Waals surface area contributed by atoms with E-state index in [1.807, 2.05) is 26.0 Å². The Morgan fingerprint density at radius 3 is 2.30 bits per heavy atom. The summed E-state index contributed by atoms with van der Waals surface area (Å²) in [6.45, 7) is 9.08. The number of amides is 1. The molecule has 1 atom stereocenters. The highest BCUT2D eigenvalue weighted by molar-refractivity contribution is 5.96. The highest BCUT2D eigenvalue weighted by Gasteiger charge is 2.42. The maximum atomic E-state index is 13.6. The SMILES string of the molecule is CCOc1cc(C[NH2+]CCC2(CC)CC(=O)N(c3ccc(C(=O)O)nc3)C2)cc(OCC)c1-c1ccc(F)cc1. The van der Waals surface area contributed by atoms with Crippen LogP contribution in [0.25, 0.3) is 11.1 Å². The minimum absolute atomic E-state index is 0.0332. The standard InChI is InChI=1S/C31H36FN3O5/c1-4-31(17-28(36)35(20-31)24-11-12-25(30(37)38)34-19-24)13-14-33-18-21-15-26(39-5-2)29(27(16-21)40-6-3)22-7-9-23(32)10-8-22/h7-12,15-16,19,33H,4-6,13-14,17-18,20H2,1-3H3,(H,37,38)/p+1. The second kappa shape index (κ2) is 12.9. The molecular weight excluding hydrogens is 513 g/mol. The summed E-state index contributed by atoms with van der Waals surface area (Å²) in [6, 6.07) is 13.4. The molecule has 1 saturated heterocycles. The van der Waals surface area contributed by atoms with Gasteiger partial charge in [-0.05, 0) is 62.2 Å². The summed E-state index contributed by atoms with van der Waals surface area (Å²) in [7, 11) is 0. The lowest BCUT2D eigenvalue weighted by atomic mass is 9.81.